The number of carbonyl (C=O) groups excluding carboxylic acids is 1. The van der Waals surface area contributed by atoms with Crippen molar-refractivity contribution in [3.63, 3.8) is 0 Å². The molecule has 0 saturated heterocycles. The molecule has 0 N–H and O–H groups in total. The normalized spacial score (nSPS) is 9.71. The Hall–Kier alpha value is -1.54. The zero-order valence-corrected chi connectivity index (χ0v) is 10.2. The third kappa shape index (κ3) is 4.45. The summed E-state index contributed by atoms with van der Waals surface area (Å²) in [5.74, 6) is 0.544. The maximum absolute atomic E-state index is 13.0. The number of hydrogen-bond donors (Lipinski definition) is 0. The second-order valence-corrected chi connectivity index (χ2v) is 4.41. The Morgan fingerprint density at radius 1 is 1.59 bits per heavy atom. The van der Waals surface area contributed by atoms with E-state index in [0.717, 1.165) is 5.56 Å². The van der Waals surface area contributed by atoms with Crippen molar-refractivity contribution in [1.29, 1.82) is 5.26 Å². The lowest BCUT2D eigenvalue weighted by molar-refractivity contribution is -0.140. The van der Waals surface area contributed by atoms with Crippen LogP contribution in [0.25, 0.3) is 0 Å². The van der Waals surface area contributed by atoms with Crippen molar-refractivity contribution >= 4 is 17.7 Å². The number of rotatable bonds is 5. The Balaban J connectivity index is 2.42. The summed E-state index contributed by atoms with van der Waals surface area (Å²) < 4.78 is 17.5. The topological polar surface area (TPSA) is 50.1 Å². The molecular formula is C12H12FNO2S. The summed E-state index contributed by atoms with van der Waals surface area (Å²) >= 11 is 1.54. The Morgan fingerprint density at radius 3 is 3.00 bits per heavy atom. The molecule has 0 amide bonds. The summed E-state index contributed by atoms with van der Waals surface area (Å²) in [7, 11) is 1.35. The summed E-state index contributed by atoms with van der Waals surface area (Å²) in [6.07, 6.45) is 0.355. The zero-order valence-electron chi connectivity index (χ0n) is 9.40. The predicted octanol–water partition coefficient (Wildman–Crippen LogP) is 2.49. The van der Waals surface area contributed by atoms with Crippen molar-refractivity contribution in [2.75, 3.05) is 12.9 Å². The van der Waals surface area contributed by atoms with Crippen LogP contribution >= 0.6 is 11.8 Å². The van der Waals surface area contributed by atoms with E-state index in [2.05, 4.69) is 4.74 Å². The number of halogens is 1. The highest BCUT2D eigenvalue weighted by Crippen LogP contribution is 2.16. The maximum Gasteiger partial charge on any atom is 0.306 e. The Morgan fingerprint density at radius 2 is 2.35 bits per heavy atom. The molecule has 0 aromatic heterocycles. The third-order valence-corrected chi connectivity index (χ3v) is 3.13. The van der Waals surface area contributed by atoms with E-state index < -0.39 is 5.82 Å². The molecule has 3 nitrogen and oxygen atoms in total. The first kappa shape index (κ1) is 13.5. The number of methoxy groups -OCH3 is 1. The Kier molecular flexibility index (Phi) is 5.50. The van der Waals surface area contributed by atoms with Crippen LogP contribution in [-0.4, -0.2) is 18.8 Å². The minimum Gasteiger partial charge on any atom is -0.469 e. The van der Waals surface area contributed by atoms with Gasteiger partial charge in [-0.05, 0) is 17.7 Å². The quantitative estimate of drug-likeness (QED) is 0.597. The van der Waals surface area contributed by atoms with Crippen LogP contribution in [0.5, 0.6) is 0 Å². The smallest absolute Gasteiger partial charge is 0.306 e. The number of thioether (sulfide) groups is 1. The SMILES string of the molecule is COC(=O)CCSCc1ccc(F)c(C#N)c1. The summed E-state index contributed by atoms with van der Waals surface area (Å²) in [6.45, 7) is 0. The first-order valence-corrected chi connectivity index (χ1v) is 6.16. The molecule has 90 valence electrons. The van der Waals surface area contributed by atoms with Crippen molar-refractivity contribution in [2.45, 2.75) is 12.2 Å². The van der Waals surface area contributed by atoms with Crippen LogP contribution < -0.4 is 0 Å². The van der Waals surface area contributed by atoms with E-state index in [1.165, 1.54) is 19.2 Å². The van der Waals surface area contributed by atoms with Crippen LogP contribution in [0.1, 0.15) is 17.5 Å². The molecule has 0 aliphatic rings. The minimum atomic E-state index is -0.504. The Bertz CT molecular complexity index is 443. The molecule has 0 spiro atoms. The fourth-order valence-electron chi connectivity index (χ4n) is 1.20. The summed E-state index contributed by atoms with van der Waals surface area (Å²) in [5, 5.41) is 8.66. The van der Waals surface area contributed by atoms with E-state index in [1.54, 1.807) is 23.9 Å². The molecule has 0 aliphatic carbocycles. The molecule has 0 radical (unpaired) electrons. The number of hydrogen-bond acceptors (Lipinski definition) is 4. The number of ether oxygens (including phenoxy) is 1. The second-order valence-electron chi connectivity index (χ2n) is 3.30. The van der Waals surface area contributed by atoms with Crippen LogP contribution in [0.4, 0.5) is 4.39 Å². The van der Waals surface area contributed by atoms with E-state index >= 15 is 0 Å². The lowest BCUT2D eigenvalue weighted by Crippen LogP contribution is -2.01. The molecule has 1 rings (SSSR count). The van der Waals surface area contributed by atoms with Crippen LogP contribution in [0.2, 0.25) is 0 Å². The van der Waals surface area contributed by atoms with E-state index in [-0.39, 0.29) is 11.5 Å². The third-order valence-electron chi connectivity index (χ3n) is 2.10. The van der Waals surface area contributed by atoms with Crippen LogP contribution in [0, 0.1) is 17.1 Å². The van der Waals surface area contributed by atoms with Gasteiger partial charge in [-0.3, -0.25) is 4.79 Å². The highest BCUT2D eigenvalue weighted by molar-refractivity contribution is 7.98. The predicted molar refractivity (Wildman–Crippen MR) is 63.9 cm³/mol. The number of nitrogens with zero attached hydrogens (tertiary/aromatic N) is 1. The average molecular weight is 253 g/mol. The number of nitriles is 1. The van der Waals surface area contributed by atoms with Gasteiger partial charge < -0.3 is 4.74 Å². The van der Waals surface area contributed by atoms with Crippen molar-refractivity contribution in [3.8, 4) is 6.07 Å². The van der Waals surface area contributed by atoms with E-state index in [0.29, 0.717) is 17.9 Å². The lowest BCUT2D eigenvalue weighted by atomic mass is 10.1. The fourth-order valence-corrected chi connectivity index (χ4v) is 2.07. The van der Waals surface area contributed by atoms with Gasteiger partial charge in [0.25, 0.3) is 0 Å². The molecule has 0 aliphatic heterocycles. The molecule has 0 unspecified atom stereocenters. The molecule has 1 aromatic carbocycles. The van der Waals surface area contributed by atoms with Crippen molar-refractivity contribution in [2.24, 2.45) is 0 Å². The molecule has 0 fully saturated rings. The number of esters is 1. The fraction of sp³-hybridized carbons (Fsp3) is 0.333. The minimum absolute atomic E-state index is 0.0519. The first-order chi connectivity index (χ1) is 8.17. The Labute approximate surface area is 104 Å². The monoisotopic (exact) mass is 253 g/mol. The van der Waals surface area contributed by atoms with Crippen LogP contribution in [0.15, 0.2) is 18.2 Å². The average Bonchev–Trinajstić information content (AvgIpc) is 2.36. The molecule has 0 saturated carbocycles. The van der Waals surface area contributed by atoms with Gasteiger partial charge in [0, 0.05) is 11.5 Å². The van der Waals surface area contributed by atoms with Crippen LogP contribution in [0.3, 0.4) is 0 Å². The molecule has 0 heterocycles. The van der Waals surface area contributed by atoms with Crippen LogP contribution in [-0.2, 0) is 15.3 Å². The van der Waals surface area contributed by atoms with Gasteiger partial charge in [0.15, 0.2) is 0 Å². The molecule has 17 heavy (non-hydrogen) atoms. The highest BCUT2D eigenvalue weighted by Gasteiger charge is 2.04. The zero-order chi connectivity index (χ0) is 12.7. The number of benzene rings is 1. The number of carbonyl (C=O) groups is 1. The van der Waals surface area contributed by atoms with Gasteiger partial charge in [0.05, 0.1) is 19.1 Å². The van der Waals surface area contributed by atoms with E-state index in [1.807, 2.05) is 0 Å². The molecular weight excluding hydrogens is 241 g/mol. The second kappa shape index (κ2) is 6.92. The van der Waals surface area contributed by atoms with Gasteiger partial charge in [-0.1, -0.05) is 6.07 Å². The summed E-state index contributed by atoms with van der Waals surface area (Å²) in [5.41, 5.74) is 0.925. The van der Waals surface area contributed by atoms with E-state index in [9.17, 15) is 9.18 Å². The van der Waals surface area contributed by atoms with Gasteiger partial charge in [0.1, 0.15) is 11.9 Å². The van der Waals surface area contributed by atoms with Crippen molar-refractivity contribution < 1.29 is 13.9 Å². The molecule has 0 bridgehead atoms. The standard InChI is InChI=1S/C12H12FNO2S/c1-16-12(15)4-5-17-8-9-2-3-11(13)10(6-9)7-14/h2-3,6H,4-5,8H2,1H3. The summed E-state index contributed by atoms with van der Waals surface area (Å²) in [4.78, 5) is 10.8. The van der Waals surface area contributed by atoms with Gasteiger partial charge in [-0.2, -0.15) is 17.0 Å². The maximum atomic E-state index is 13.0. The van der Waals surface area contributed by atoms with Crippen molar-refractivity contribution in [3.05, 3.63) is 35.1 Å². The molecule has 0 atom stereocenters. The first-order valence-electron chi connectivity index (χ1n) is 5.00. The van der Waals surface area contributed by atoms with Gasteiger partial charge >= 0.3 is 5.97 Å². The largest absolute Gasteiger partial charge is 0.469 e. The van der Waals surface area contributed by atoms with Crippen molar-refractivity contribution in [1.82, 2.24) is 0 Å². The summed E-state index contributed by atoms with van der Waals surface area (Å²) in [6, 6.07) is 6.25. The molecule has 1 aromatic rings. The highest BCUT2D eigenvalue weighted by atomic mass is 32.2. The van der Waals surface area contributed by atoms with Gasteiger partial charge in [0.2, 0.25) is 0 Å². The van der Waals surface area contributed by atoms with Gasteiger partial charge in [-0.25, -0.2) is 4.39 Å². The molecule has 5 heteroatoms. The lowest BCUT2D eigenvalue weighted by Gasteiger charge is -2.02. The van der Waals surface area contributed by atoms with Gasteiger partial charge in [-0.15, -0.1) is 0 Å². The van der Waals surface area contributed by atoms with E-state index in [4.69, 9.17) is 5.26 Å².